The van der Waals surface area contributed by atoms with Crippen molar-refractivity contribution in [2.24, 2.45) is 11.3 Å². The van der Waals surface area contributed by atoms with E-state index in [2.05, 4.69) is 0 Å². The van der Waals surface area contributed by atoms with Gasteiger partial charge in [-0.15, -0.1) is 0 Å². The molecular formula is C9H16O4S. The second kappa shape index (κ2) is 3.18. The topological polar surface area (TPSA) is 63.6 Å². The van der Waals surface area contributed by atoms with Crippen LogP contribution >= 0.6 is 0 Å². The van der Waals surface area contributed by atoms with Gasteiger partial charge in [0.15, 0.2) is 0 Å². The largest absolute Gasteiger partial charge is 0.381 e. The first-order chi connectivity index (χ1) is 6.42. The third-order valence-corrected chi connectivity index (χ3v) is 4.44. The summed E-state index contributed by atoms with van der Waals surface area (Å²) in [4.78, 5) is 0. The van der Waals surface area contributed by atoms with E-state index in [0.717, 1.165) is 25.7 Å². The summed E-state index contributed by atoms with van der Waals surface area (Å²) in [5.74, 6) is 0.106. The van der Waals surface area contributed by atoms with E-state index in [1.54, 1.807) is 7.11 Å². The van der Waals surface area contributed by atoms with Gasteiger partial charge in [0, 0.05) is 7.11 Å². The van der Waals surface area contributed by atoms with E-state index < -0.39 is 10.1 Å². The maximum atomic E-state index is 10.6. The molecule has 0 saturated heterocycles. The van der Waals surface area contributed by atoms with Crippen molar-refractivity contribution in [3.8, 4) is 0 Å². The van der Waals surface area contributed by atoms with Crippen molar-refractivity contribution in [1.82, 2.24) is 0 Å². The molecule has 5 heteroatoms. The molecule has 0 aromatic heterocycles. The van der Waals surface area contributed by atoms with Gasteiger partial charge in [-0.25, -0.2) is 0 Å². The molecule has 0 aromatic carbocycles. The van der Waals surface area contributed by atoms with Gasteiger partial charge in [-0.3, -0.25) is 4.55 Å². The van der Waals surface area contributed by atoms with E-state index in [1.807, 2.05) is 0 Å². The summed E-state index contributed by atoms with van der Waals surface area (Å²) in [6.07, 6.45) is 4.37. The van der Waals surface area contributed by atoms with Crippen LogP contribution in [-0.2, 0) is 14.9 Å². The van der Waals surface area contributed by atoms with Crippen LogP contribution in [0.15, 0.2) is 0 Å². The van der Waals surface area contributed by atoms with Crippen LogP contribution < -0.4 is 0 Å². The molecule has 2 aliphatic rings. The molecule has 0 aliphatic heterocycles. The molecule has 2 fully saturated rings. The van der Waals surface area contributed by atoms with Gasteiger partial charge in [0.2, 0.25) is 0 Å². The van der Waals surface area contributed by atoms with Crippen LogP contribution in [0, 0.1) is 11.3 Å². The van der Waals surface area contributed by atoms with Crippen LogP contribution in [0.25, 0.3) is 0 Å². The first kappa shape index (κ1) is 10.4. The standard InChI is InChI=1S/C9H16O4S/c1-13-8-4-9(5-8)2-7(3-9)6-14(10,11)12/h7-8H,2-6H2,1H3,(H,10,11,12). The fourth-order valence-corrected chi connectivity index (χ4v) is 3.82. The van der Waals surface area contributed by atoms with E-state index in [4.69, 9.17) is 9.29 Å². The minimum atomic E-state index is -3.77. The van der Waals surface area contributed by atoms with Crippen molar-refractivity contribution in [3.05, 3.63) is 0 Å². The lowest BCUT2D eigenvalue weighted by Crippen LogP contribution is -2.51. The van der Waals surface area contributed by atoms with E-state index in [0.29, 0.717) is 11.5 Å². The molecule has 2 aliphatic carbocycles. The Labute approximate surface area is 84.4 Å². The molecule has 0 bridgehead atoms. The molecule has 0 atom stereocenters. The number of methoxy groups -OCH3 is 1. The first-order valence-corrected chi connectivity index (χ1v) is 6.51. The fourth-order valence-electron chi connectivity index (χ4n) is 2.99. The third-order valence-electron chi connectivity index (χ3n) is 3.54. The predicted molar refractivity (Wildman–Crippen MR) is 51.6 cm³/mol. The van der Waals surface area contributed by atoms with Gasteiger partial charge in [-0.1, -0.05) is 0 Å². The summed E-state index contributed by atoms with van der Waals surface area (Å²) < 4.78 is 35.1. The molecule has 82 valence electrons. The van der Waals surface area contributed by atoms with Crippen LogP contribution in [0.3, 0.4) is 0 Å². The lowest BCUT2D eigenvalue weighted by Gasteiger charge is -2.57. The van der Waals surface area contributed by atoms with Crippen molar-refractivity contribution in [2.75, 3.05) is 12.9 Å². The minimum Gasteiger partial charge on any atom is -0.381 e. The Kier molecular flexibility index (Phi) is 2.36. The Morgan fingerprint density at radius 1 is 1.36 bits per heavy atom. The molecular weight excluding hydrogens is 204 g/mol. The average molecular weight is 220 g/mol. The fraction of sp³-hybridized carbons (Fsp3) is 1.00. The summed E-state index contributed by atoms with van der Waals surface area (Å²) in [5.41, 5.74) is 0.357. The van der Waals surface area contributed by atoms with Crippen molar-refractivity contribution in [1.29, 1.82) is 0 Å². The molecule has 2 rings (SSSR count). The Hall–Kier alpha value is -0.130. The average Bonchev–Trinajstić information content (AvgIpc) is 1.88. The quantitative estimate of drug-likeness (QED) is 0.723. The van der Waals surface area contributed by atoms with Gasteiger partial charge < -0.3 is 4.74 Å². The molecule has 0 radical (unpaired) electrons. The molecule has 14 heavy (non-hydrogen) atoms. The molecule has 0 aromatic rings. The van der Waals surface area contributed by atoms with Crippen LogP contribution in [0.1, 0.15) is 25.7 Å². The zero-order valence-corrected chi connectivity index (χ0v) is 9.09. The van der Waals surface area contributed by atoms with Gasteiger partial charge in [0.25, 0.3) is 10.1 Å². The Balaban J connectivity index is 1.76. The van der Waals surface area contributed by atoms with Gasteiger partial charge in [0.05, 0.1) is 11.9 Å². The summed E-state index contributed by atoms with van der Waals surface area (Å²) in [6.45, 7) is 0. The Morgan fingerprint density at radius 2 is 1.93 bits per heavy atom. The SMILES string of the molecule is COC1CC2(CC(CS(=O)(=O)O)C2)C1. The smallest absolute Gasteiger partial charge is 0.265 e. The monoisotopic (exact) mass is 220 g/mol. The number of rotatable bonds is 3. The highest BCUT2D eigenvalue weighted by Crippen LogP contribution is 2.59. The summed E-state index contributed by atoms with van der Waals surface area (Å²) in [7, 11) is -2.05. The third kappa shape index (κ3) is 1.94. The maximum absolute atomic E-state index is 10.6. The maximum Gasteiger partial charge on any atom is 0.265 e. The second-order valence-electron chi connectivity index (χ2n) is 4.79. The van der Waals surface area contributed by atoms with Crippen LogP contribution in [-0.4, -0.2) is 31.9 Å². The lowest BCUT2D eigenvalue weighted by atomic mass is 9.51. The van der Waals surface area contributed by atoms with Crippen molar-refractivity contribution < 1.29 is 17.7 Å². The van der Waals surface area contributed by atoms with Crippen molar-refractivity contribution in [3.63, 3.8) is 0 Å². The summed E-state index contributed by atoms with van der Waals surface area (Å²) >= 11 is 0. The van der Waals surface area contributed by atoms with E-state index >= 15 is 0 Å². The zero-order valence-electron chi connectivity index (χ0n) is 8.27. The second-order valence-corrected chi connectivity index (χ2v) is 6.29. The molecule has 0 amide bonds. The summed E-state index contributed by atoms with van der Waals surface area (Å²) in [5, 5.41) is 0. The predicted octanol–water partition coefficient (Wildman–Crippen LogP) is 1.08. The number of hydrogen-bond acceptors (Lipinski definition) is 3. The van der Waals surface area contributed by atoms with Gasteiger partial charge in [-0.2, -0.15) is 8.42 Å². The first-order valence-electron chi connectivity index (χ1n) is 4.90. The molecule has 0 heterocycles. The Bertz CT molecular complexity index is 308. The lowest BCUT2D eigenvalue weighted by molar-refractivity contribution is -0.121. The van der Waals surface area contributed by atoms with Crippen LogP contribution in [0.5, 0.6) is 0 Å². The van der Waals surface area contributed by atoms with Crippen molar-refractivity contribution in [2.45, 2.75) is 31.8 Å². The highest BCUT2D eigenvalue weighted by atomic mass is 32.2. The van der Waals surface area contributed by atoms with Gasteiger partial charge in [-0.05, 0) is 37.0 Å². The molecule has 0 unspecified atom stereocenters. The van der Waals surface area contributed by atoms with Crippen LogP contribution in [0.4, 0.5) is 0 Å². The number of ether oxygens (including phenoxy) is 1. The van der Waals surface area contributed by atoms with E-state index in [1.165, 1.54) is 0 Å². The number of hydrogen-bond donors (Lipinski definition) is 1. The van der Waals surface area contributed by atoms with Crippen LogP contribution in [0.2, 0.25) is 0 Å². The zero-order chi connectivity index (χ0) is 10.4. The molecule has 1 spiro atoms. The molecule has 4 nitrogen and oxygen atoms in total. The minimum absolute atomic E-state index is 0.0631. The van der Waals surface area contributed by atoms with E-state index in [9.17, 15) is 8.42 Å². The van der Waals surface area contributed by atoms with Gasteiger partial charge >= 0.3 is 0 Å². The highest BCUT2D eigenvalue weighted by Gasteiger charge is 2.53. The molecule has 2 saturated carbocycles. The Morgan fingerprint density at radius 3 is 2.36 bits per heavy atom. The highest BCUT2D eigenvalue weighted by molar-refractivity contribution is 7.85. The molecule has 1 N–H and O–H groups in total. The van der Waals surface area contributed by atoms with E-state index in [-0.39, 0.29) is 11.7 Å². The summed E-state index contributed by atoms with van der Waals surface area (Å²) in [6, 6.07) is 0. The van der Waals surface area contributed by atoms with Crippen molar-refractivity contribution >= 4 is 10.1 Å². The van der Waals surface area contributed by atoms with Gasteiger partial charge in [0.1, 0.15) is 0 Å². The normalized spacial score (nSPS) is 41.9.